The molecule has 0 spiro atoms. The molecule has 7 heteroatoms. The summed E-state index contributed by atoms with van der Waals surface area (Å²) in [6.07, 6.45) is 1.59. The van der Waals surface area contributed by atoms with Gasteiger partial charge >= 0.3 is 0 Å². The fourth-order valence-corrected chi connectivity index (χ4v) is 3.13. The second-order valence-electron chi connectivity index (χ2n) is 6.50. The lowest BCUT2D eigenvalue weighted by atomic mass is 10.1. The molecule has 3 rings (SSSR count). The predicted octanol–water partition coefficient (Wildman–Crippen LogP) is 4.16. The smallest absolute Gasteiger partial charge is 0.254 e. The molecule has 30 heavy (non-hydrogen) atoms. The Morgan fingerprint density at radius 1 is 0.867 bits per heavy atom. The van der Waals surface area contributed by atoms with Crippen LogP contribution in [0.3, 0.4) is 0 Å². The highest BCUT2D eigenvalue weighted by Gasteiger charge is 2.22. The van der Waals surface area contributed by atoms with E-state index in [-0.39, 0.29) is 5.91 Å². The van der Waals surface area contributed by atoms with E-state index in [1.165, 1.54) is 21.3 Å². The minimum Gasteiger partial charge on any atom is -0.497 e. The van der Waals surface area contributed by atoms with E-state index in [1.54, 1.807) is 36.5 Å². The number of hydrogen-bond acceptors (Lipinski definition) is 6. The Labute approximate surface area is 175 Å². The first-order valence-electron chi connectivity index (χ1n) is 9.34. The molecule has 0 aliphatic carbocycles. The molecule has 0 saturated carbocycles. The maximum absolute atomic E-state index is 13.4. The Kier molecular flexibility index (Phi) is 6.85. The van der Waals surface area contributed by atoms with Gasteiger partial charge in [0, 0.05) is 12.1 Å². The molecular weight excluding hydrogens is 386 g/mol. The molecule has 0 saturated heterocycles. The van der Waals surface area contributed by atoms with Crippen LogP contribution in [0.15, 0.2) is 59.2 Å². The standard InChI is InChI=1S/C23H25NO6/c1-26-18-9-7-16(8-10-18)14-24(15-19-6-5-11-30-19)23(25)17-12-20(27-2)22(29-4)21(13-17)28-3/h5-13H,14-15H2,1-4H3. The summed E-state index contributed by atoms with van der Waals surface area (Å²) in [5, 5.41) is 0. The van der Waals surface area contributed by atoms with Crippen LogP contribution >= 0.6 is 0 Å². The highest BCUT2D eigenvalue weighted by Crippen LogP contribution is 2.38. The van der Waals surface area contributed by atoms with Crippen LogP contribution in [0.5, 0.6) is 23.0 Å². The van der Waals surface area contributed by atoms with Gasteiger partial charge in [-0.1, -0.05) is 12.1 Å². The van der Waals surface area contributed by atoms with Crippen LogP contribution in [0.1, 0.15) is 21.7 Å². The van der Waals surface area contributed by atoms with Crippen molar-refractivity contribution >= 4 is 5.91 Å². The van der Waals surface area contributed by atoms with E-state index in [0.717, 1.165) is 11.3 Å². The van der Waals surface area contributed by atoms with E-state index in [4.69, 9.17) is 23.4 Å². The van der Waals surface area contributed by atoms with Crippen LogP contribution in [0.4, 0.5) is 0 Å². The SMILES string of the molecule is COc1ccc(CN(Cc2ccco2)C(=O)c2cc(OC)c(OC)c(OC)c2)cc1. The van der Waals surface area contributed by atoms with Gasteiger partial charge in [-0.05, 0) is 42.0 Å². The maximum atomic E-state index is 13.4. The number of hydrogen-bond donors (Lipinski definition) is 0. The number of carbonyl (C=O) groups is 1. The van der Waals surface area contributed by atoms with E-state index >= 15 is 0 Å². The lowest BCUT2D eigenvalue weighted by Crippen LogP contribution is -2.30. The zero-order valence-electron chi connectivity index (χ0n) is 17.5. The zero-order chi connectivity index (χ0) is 21.5. The third-order valence-electron chi connectivity index (χ3n) is 4.66. The van der Waals surface area contributed by atoms with Crippen molar-refractivity contribution in [1.29, 1.82) is 0 Å². The van der Waals surface area contributed by atoms with Crippen LogP contribution in [0.25, 0.3) is 0 Å². The third kappa shape index (κ3) is 4.68. The van der Waals surface area contributed by atoms with Crippen LogP contribution < -0.4 is 18.9 Å². The van der Waals surface area contributed by atoms with Gasteiger partial charge in [-0.2, -0.15) is 0 Å². The van der Waals surface area contributed by atoms with Crippen molar-refractivity contribution < 1.29 is 28.2 Å². The molecule has 1 aromatic heterocycles. The van der Waals surface area contributed by atoms with Crippen molar-refractivity contribution in [1.82, 2.24) is 4.90 Å². The summed E-state index contributed by atoms with van der Waals surface area (Å²) in [6.45, 7) is 0.703. The molecule has 1 amide bonds. The van der Waals surface area contributed by atoms with Gasteiger partial charge in [0.25, 0.3) is 5.91 Å². The number of nitrogens with zero attached hydrogens (tertiary/aromatic N) is 1. The van der Waals surface area contributed by atoms with Crippen LogP contribution in [-0.4, -0.2) is 39.2 Å². The van der Waals surface area contributed by atoms with Crippen molar-refractivity contribution in [2.24, 2.45) is 0 Å². The fourth-order valence-electron chi connectivity index (χ4n) is 3.13. The molecule has 2 aromatic carbocycles. The summed E-state index contributed by atoms with van der Waals surface area (Å²) in [4.78, 5) is 15.1. The average molecular weight is 411 g/mol. The van der Waals surface area contributed by atoms with Gasteiger partial charge in [-0.15, -0.1) is 0 Å². The molecule has 0 aliphatic heterocycles. The number of amides is 1. The fraction of sp³-hybridized carbons (Fsp3) is 0.261. The van der Waals surface area contributed by atoms with Gasteiger partial charge in [-0.3, -0.25) is 4.79 Å². The molecule has 158 valence electrons. The molecule has 0 radical (unpaired) electrons. The summed E-state index contributed by atoms with van der Waals surface area (Å²) < 4.78 is 26.8. The number of carbonyl (C=O) groups excluding carboxylic acids is 1. The van der Waals surface area contributed by atoms with Crippen molar-refractivity contribution in [3.05, 3.63) is 71.7 Å². The summed E-state index contributed by atoms with van der Waals surface area (Å²) in [7, 11) is 6.17. The van der Waals surface area contributed by atoms with Crippen LogP contribution in [0.2, 0.25) is 0 Å². The Morgan fingerprint density at radius 2 is 1.53 bits per heavy atom. The molecule has 0 unspecified atom stereocenters. The monoisotopic (exact) mass is 411 g/mol. The molecule has 0 atom stereocenters. The lowest BCUT2D eigenvalue weighted by molar-refractivity contribution is 0.0717. The molecule has 0 fully saturated rings. The molecule has 0 aliphatic rings. The minimum absolute atomic E-state index is 0.193. The van der Waals surface area contributed by atoms with Crippen molar-refractivity contribution in [3.8, 4) is 23.0 Å². The van der Waals surface area contributed by atoms with E-state index in [0.29, 0.717) is 41.7 Å². The average Bonchev–Trinajstić information content (AvgIpc) is 3.30. The predicted molar refractivity (Wildman–Crippen MR) is 111 cm³/mol. The quantitative estimate of drug-likeness (QED) is 0.527. The lowest BCUT2D eigenvalue weighted by Gasteiger charge is -2.23. The van der Waals surface area contributed by atoms with Crippen molar-refractivity contribution in [2.45, 2.75) is 13.1 Å². The van der Waals surface area contributed by atoms with Gasteiger partial charge in [0.2, 0.25) is 5.75 Å². The summed E-state index contributed by atoms with van der Waals surface area (Å²) in [5.41, 5.74) is 1.38. The summed E-state index contributed by atoms with van der Waals surface area (Å²) in [5.74, 6) is 2.52. The van der Waals surface area contributed by atoms with Crippen molar-refractivity contribution in [3.63, 3.8) is 0 Å². The number of methoxy groups -OCH3 is 4. The van der Waals surface area contributed by atoms with Crippen LogP contribution in [-0.2, 0) is 13.1 Å². The molecular formula is C23H25NO6. The second-order valence-corrected chi connectivity index (χ2v) is 6.50. The van der Waals surface area contributed by atoms with E-state index in [2.05, 4.69) is 0 Å². The number of ether oxygens (including phenoxy) is 4. The molecule has 0 bridgehead atoms. The van der Waals surface area contributed by atoms with Gasteiger partial charge < -0.3 is 28.3 Å². The van der Waals surface area contributed by atoms with Crippen LogP contribution in [0, 0.1) is 0 Å². The first-order chi connectivity index (χ1) is 14.6. The molecule has 7 nitrogen and oxygen atoms in total. The zero-order valence-corrected chi connectivity index (χ0v) is 17.5. The van der Waals surface area contributed by atoms with E-state index < -0.39 is 0 Å². The van der Waals surface area contributed by atoms with E-state index in [9.17, 15) is 4.79 Å². The number of furan rings is 1. The second kappa shape index (κ2) is 9.73. The Hall–Kier alpha value is -3.61. The Balaban J connectivity index is 1.94. The third-order valence-corrected chi connectivity index (χ3v) is 4.66. The Morgan fingerprint density at radius 3 is 2.03 bits per heavy atom. The Bertz CT molecular complexity index is 941. The maximum Gasteiger partial charge on any atom is 0.254 e. The number of benzene rings is 2. The largest absolute Gasteiger partial charge is 0.497 e. The summed E-state index contributed by atoms with van der Waals surface area (Å²) in [6, 6.07) is 14.5. The normalized spacial score (nSPS) is 10.4. The van der Waals surface area contributed by atoms with Gasteiger partial charge in [-0.25, -0.2) is 0 Å². The van der Waals surface area contributed by atoms with E-state index in [1.807, 2.05) is 30.3 Å². The molecule has 3 aromatic rings. The van der Waals surface area contributed by atoms with Gasteiger partial charge in [0.1, 0.15) is 11.5 Å². The summed E-state index contributed by atoms with van der Waals surface area (Å²) >= 11 is 0. The topological polar surface area (TPSA) is 70.4 Å². The molecule has 0 N–H and O–H groups in total. The van der Waals surface area contributed by atoms with Gasteiger partial charge in [0.05, 0.1) is 41.2 Å². The highest BCUT2D eigenvalue weighted by molar-refractivity contribution is 5.95. The first-order valence-corrected chi connectivity index (χ1v) is 9.34. The highest BCUT2D eigenvalue weighted by atomic mass is 16.5. The minimum atomic E-state index is -0.193. The van der Waals surface area contributed by atoms with Crippen molar-refractivity contribution in [2.75, 3.05) is 28.4 Å². The van der Waals surface area contributed by atoms with Gasteiger partial charge in [0.15, 0.2) is 11.5 Å². The number of rotatable bonds is 9. The molecule has 1 heterocycles. The first kappa shape index (κ1) is 21.1.